The topological polar surface area (TPSA) is 79.4 Å². The van der Waals surface area contributed by atoms with Crippen molar-refractivity contribution < 1.29 is 28.5 Å². The van der Waals surface area contributed by atoms with Crippen molar-refractivity contribution in [2.24, 2.45) is 0 Å². The molecular formula is C24H24N2O6. The normalized spacial score (nSPS) is 31.1. The number of methoxy groups -OCH3 is 2. The molecule has 166 valence electrons. The van der Waals surface area contributed by atoms with Gasteiger partial charge in [-0.15, -0.1) is 0 Å². The maximum atomic E-state index is 13.0. The second-order valence-corrected chi connectivity index (χ2v) is 8.55. The van der Waals surface area contributed by atoms with Crippen LogP contribution in [0.4, 0.5) is 0 Å². The molecule has 4 heterocycles. The number of benzene rings is 1. The monoisotopic (exact) mass is 436 g/mol. The van der Waals surface area contributed by atoms with E-state index in [4.69, 9.17) is 23.7 Å². The first-order valence-corrected chi connectivity index (χ1v) is 10.7. The van der Waals surface area contributed by atoms with Gasteiger partial charge in [0.2, 0.25) is 12.5 Å². The van der Waals surface area contributed by atoms with Crippen molar-refractivity contribution in [2.45, 2.75) is 36.6 Å². The molecule has 1 aromatic carbocycles. The second kappa shape index (κ2) is 7.21. The first-order valence-electron chi connectivity index (χ1n) is 10.7. The summed E-state index contributed by atoms with van der Waals surface area (Å²) >= 11 is 0. The number of hydrogen-bond donors (Lipinski definition) is 0. The number of rotatable bonds is 4. The zero-order chi connectivity index (χ0) is 21.9. The molecule has 2 bridgehead atoms. The Morgan fingerprint density at radius 1 is 1.31 bits per heavy atom. The highest BCUT2D eigenvalue weighted by atomic mass is 16.7. The fourth-order valence-electron chi connectivity index (χ4n) is 5.76. The lowest BCUT2D eigenvalue weighted by Gasteiger charge is -2.46. The quantitative estimate of drug-likeness (QED) is 0.534. The third-order valence-electron chi connectivity index (χ3n) is 7.17. The van der Waals surface area contributed by atoms with Crippen molar-refractivity contribution in [1.82, 2.24) is 9.88 Å². The van der Waals surface area contributed by atoms with Crippen LogP contribution >= 0.6 is 0 Å². The van der Waals surface area contributed by atoms with Crippen molar-refractivity contribution in [3.8, 4) is 17.2 Å². The minimum atomic E-state index is -0.533. The predicted octanol–water partition coefficient (Wildman–Crippen LogP) is 2.46. The van der Waals surface area contributed by atoms with Crippen molar-refractivity contribution >= 4 is 5.97 Å². The number of ether oxygens (including phenoxy) is 5. The van der Waals surface area contributed by atoms with Gasteiger partial charge in [0.25, 0.3) is 0 Å². The van der Waals surface area contributed by atoms with Gasteiger partial charge < -0.3 is 23.7 Å². The summed E-state index contributed by atoms with van der Waals surface area (Å²) in [5, 5.41) is 0. The SMILES string of the molecule is COc1c2c(cc3c1OCO3)[C@]13C=C[C@H](OC)C[C@H]1N(C2)C[C@H]3OC(=O)c1cccnc1. The molecule has 4 aliphatic rings. The number of nitrogens with zero attached hydrogens (tertiary/aromatic N) is 2. The zero-order valence-corrected chi connectivity index (χ0v) is 17.9. The predicted molar refractivity (Wildman–Crippen MR) is 113 cm³/mol. The summed E-state index contributed by atoms with van der Waals surface area (Å²) in [4.78, 5) is 19.4. The molecule has 1 aliphatic carbocycles. The molecule has 3 aliphatic heterocycles. The number of carbonyl (C=O) groups is 1. The van der Waals surface area contributed by atoms with Gasteiger partial charge in [0, 0.05) is 44.2 Å². The molecule has 1 unspecified atom stereocenters. The van der Waals surface area contributed by atoms with E-state index < -0.39 is 5.41 Å². The van der Waals surface area contributed by atoms with E-state index in [-0.39, 0.29) is 31.0 Å². The largest absolute Gasteiger partial charge is 0.492 e. The maximum Gasteiger partial charge on any atom is 0.340 e. The van der Waals surface area contributed by atoms with Gasteiger partial charge in [-0.3, -0.25) is 9.88 Å². The zero-order valence-electron chi connectivity index (χ0n) is 17.9. The standard InChI is InChI=1S/C24H24N2O6/c1-28-15-5-6-24-17-9-18-22(31-13-30-18)21(29-2)16(17)11-26(19(24)8-15)12-20(24)32-23(27)14-4-3-7-25-10-14/h3-7,9-10,15,19-20H,8,11-13H2,1-2H3/t15-,19+,20+,24+/m0/s1. The Hall–Kier alpha value is -3.10. The number of aromatic nitrogens is 1. The smallest absolute Gasteiger partial charge is 0.340 e. The third-order valence-corrected chi connectivity index (χ3v) is 7.17. The van der Waals surface area contributed by atoms with Crippen LogP contribution in [-0.4, -0.2) is 61.7 Å². The van der Waals surface area contributed by atoms with Crippen LogP contribution < -0.4 is 14.2 Å². The van der Waals surface area contributed by atoms with Crippen molar-refractivity contribution in [2.75, 3.05) is 27.6 Å². The summed E-state index contributed by atoms with van der Waals surface area (Å²) in [6.07, 6.45) is 7.87. The van der Waals surface area contributed by atoms with Gasteiger partial charge in [0.05, 0.1) is 24.2 Å². The molecule has 2 aromatic rings. The Morgan fingerprint density at radius 3 is 3.00 bits per heavy atom. The van der Waals surface area contributed by atoms with Gasteiger partial charge in [-0.1, -0.05) is 12.2 Å². The van der Waals surface area contributed by atoms with E-state index in [0.717, 1.165) is 17.5 Å². The maximum absolute atomic E-state index is 13.0. The van der Waals surface area contributed by atoms with Crippen molar-refractivity contribution in [1.29, 1.82) is 0 Å². The molecule has 1 aromatic heterocycles. The molecule has 0 amide bonds. The average molecular weight is 436 g/mol. The van der Waals surface area contributed by atoms with E-state index in [9.17, 15) is 4.79 Å². The molecule has 1 fully saturated rings. The van der Waals surface area contributed by atoms with Gasteiger partial charge in [-0.05, 0) is 30.2 Å². The molecule has 8 heteroatoms. The molecule has 0 saturated carbocycles. The highest BCUT2D eigenvalue weighted by Crippen LogP contribution is 2.57. The molecule has 5 atom stereocenters. The van der Waals surface area contributed by atoms with Crippen LogP contribution in [0, 0.1) is 0 Å². The number of fused-ring (bicyclic) bond motifs is 2. The Labute approximate surface area is 185 Å². The molecule has 1 saturated heterocycles. The molecule has 8 nitrogen and oxygen atoms in total. The van der Waals surface area contributed by atoms with Crippen LogP contribution in [0.2, 0.25) is 0 Å². The van der Waals surface area contributed by atoms with E-state index >= 15 is 0 Å². The van der Waals surface area contributed by atoms with Crippen LogP contribution in [-0.2, 0) is 21.4 Å². The molecule has 0 spiro atoms. The molecule has 32 heavy (non-hydrogen) atoms. The van der Waals surface area contributed by atoms with E-state index in [2.05, 4.69) is 22.0 Å². The summed E-state index contributed by atoms with van der Waals surface area (Å²) in [5.41, 5.74) is 2.02. The van der Waals surface area contributed by atoms with Crippen LogP contribution in [0.3, 0.4) is 0 Å². The fraction of sp³-hybridized carbons (Fsp3) is 0.417. The summed E-state index contributed by atoms with van der Waals surface area (Å²) < 4.78 is 29.0. The first kappa shape index (κ1) is 19.6. The van der Waals surface area contributed by atoms with E-state index in [1.807, 2.05) is 6.07 Å². The lowest BCUT2D eigenvalue weighted by Crippen LogP contribution is -2.53. The van der Waals surface area contributed by atoms with Gasteiger partial charge in [-0.2, -0.15) is 0 Å². The lowest BCUT2D eigenvalue weighted by molar-refractivity contribution is 0.0187. The summed E-state index contributed by atoms with van der Waals surface area (Å²) in [6.45, 7) is 1.45. The third kappa shape index (κ3) is 2.63. The van der Waals surface area contributed by atoms with Gasteiger partial charge in [-0.25, -0.2) is 4.79 Å². The Bertz CT molecular complexity index is 1100. The molecule has 0 N–H and O–H groups in total. The highest BCUT2D eigenvalue weighted by molar-refractivity contribution is 5.89. The Balaban J connectivity index is 1.49. The number of hydrogen-bond acceptors (Lipinski definition) is 8. The minimum absolute atomic E-state index is 0.0147. The van der Waals surface area contributed by atoms with Crippen LogP contribution in [0.5, 0.6) is 17.2 Å². The molecular weight excluding hydrogens is 412 g/mol. The van der Waals surface area contributed by atoms with Crippen LogP contribution in [0.1, 0.15) is 27.9 Å². The summed E-state index contributed by atoms with van der Waals surface area (Å²) in [7, 11) is 3.37. The van der Waals surface area contributed by atoms with Gasteiger partial charge in [0.15, 0.2) is 11.5 Å². The van der Waals surface area contributed by atoms with Gasteiger partial charge in [0.1, 0.15) is 6.10 Å². The highest BCUT2D eigenvalue weighted by Gasteiger charge is 2.61. The number of esters is 1. The lowest BCUT2D eigenvalue weighted by atomic mass is 9.65. The Morgan fingerprint density at radius 2 is 2.22 bits per heavy atom. The Kier molecular flexibility index (Phi) is 4.41. The van der Waals surface area contributed by atoms with Gasteiger partial charge >= 0.3 is 5.97 Å². The first-order chi connectivity index (χ1) is 15.7. The van der Waals surface area contributed by atoms with Crippen LogP contribution in [0.25, 0.3) is 0 Å². The summed E-state index contributed by atoms with van der Waals surface area (Å²) in [5.74, 6) is 1.62. The number of pyridine rings is 1. The van der Waals surface area contributed by atoms with Crippen LogP contribution in [0.15, 0.2) is 42.7 Å². The fourth-order valence-corrected chi connectivity index (χ4v) is 5.76. The number of carbonyl (C=O) groups excluding carboxylic acids is 1. The summed E-state index contributed by atoms with van der Waals surface area (Å²) in [6, 6.07) is 5.62. The van der Waals surface area contributed by atoms with Crippen molar-refractivity contribution in [3.05, 3.63) is 59.4 Å². The van der Waals surface area contributed by atoms with E-state index in [1.165, 1.54) is 6.20 Å². The minimum Gasteiger partial charge on any atom is -0.492 e. The molecule has 0 radical (unpaired) electrons. The second-order valence-electron chi connectivity index (χ2n) is 8.55. The van der Waals surface area contributed by atoms with Crippen molar-refractivity contribution in [3.63, 3.8) is 0 Å². The van der Waals surface area contributed by atoms with E-state index in [0.29, 0.717) is 35.9 Å². The van der Waals surface area contributed by atoms with E-state index in [1.54, 1.807) is 32.5 Å². The average Bonchev–Trinajstić information content (AvgIpc) is 3.38. The molecule has 6 rings (SSSR count).